The average molecular weight is 419 g/mol. The SMILES string of the molecule is N#Cc1cccc(NC(=O)Cc2cc3c(NC(=O)c4cccc(F)c4)[nH]nc3s2)c1. The molecule has 0 radical (unpaired) electrons. The number of carbonyl (C=O) groups excluding carboxylic acids is 2. The predicted octanol–water partition coefficient (Wildman–Crippen LogP) is 4.07. The minimum atomic E-state index is -0.499. The maximum Gasteiger partial charge on any atom is 0.256 e. The van der Waals surface area contributed by atoms with Crippen molar-refractivity contribution in [3.63, 3.8) is 0 Å². The summed E-state index contributed by atoms with van der Waals surface area (Å²) in [6, 6.07) is 15.8. The minimum absolute atomic E-state index is 0.120. The topological polar surface area (TPSA) is 111 Å². The Morgan fingerprint density at radius 1 is 1.13 bits per heavy atom. The van der Waals surface area contributed by atoms with Gasteiger partial charge in [-0.15, -0.1) is 11.3 Å². The second-order valence-electron chi connectivity index (χ2n) is 6.41. The number of amides is 2. The van der Waals surface area contributed by atoms with Gasteiger partial charge in [-0.1, -0.05) is 12.1 Å². The smallest absolute Gasteiger partial charge is 0.256 e. The van der Waals surface area contributed by atoms with Crippen LogP contribution in [0.4, 0.5) is 15.9 Å². The van der Waals surface area contributed by atoms with E-state index in [0.717, 1.165) is 10.9 Å². The number of thiophene rings is 1. The van der Waals surface area contributed by atoms with Crippen LogP contribution >= 0.6 is 11.3 Å². The second-order valence-corrected chi connectivity index (χ2v) is 7.53. The second kappa shape index (κ2) is 8.14. The molecule has 0 atom stereocenters. The first-order chi connectivity index (χ1) is 14.5. The van der Waals surface area contributed by atoms with Crippen molar-refractivity contribution in [1.29, 1.82) is 5.26 Å². The first-order valence-corrected chi connectivity index (χ1v) is 9.67. The highest BCUT2D eigenvalue weighted by Gasteiger charge is 2.15. The van der Waals surface area contributed by atoms with Crippen LogP contribution in [0.15, 0.2) is 54.6 Å². The van der Waals surface area contributed by atoms with E-state index in [1.54, 1.807) is 30.3 Å². The van der Waals surface area contributed by atoms with Crippen molar-refractivity contribution >= 4 is 44.9 Å². The van der Waals surface area contributed by atoms with E-state index in [-0.39, 0.29) is 17.9 Å². The van der Waals surface area contributed by atoms with Gasteiger partial charge in [-0.05, 0) is 42.5 Å². The summed E-state index contributed by atoms with van der Waals surface area (Å²) in [5.74, 6) is -0.823. The van der Waals surface area contributed by atoms with Crippen molar-refractivity contribution < 1.29 is 14.0 Å². The summed E-state index contributed by atoms with van der Waals surface area (Å²) in [6.07, 6.45) is 0.120. The largest absolute Gasteiger partial charge is 0.326 e. The molecular formula is C21H14FN5O2S. The molecule has 148 valence electrons. The predicted molar refractivity (Wildman–Crippen MR) is 112 cm³/mol. The lowest BCUT2D eigenvalue weighted by atomic mass is 10.2. The van der Waals surface area contributed by atoms with E-state index in [1.807, 2.05) is 6.07 Å². The molecule has 0 saturated carbocycles. The van der Waals surface area contributed by atoms with Crippen molar-refractivity contribution in [3.8, 4) is 6.07 Å². The van der Waals surface area contributed by atoms with Gasteiger partial charge in [-0.3, -0.25) is 14.7 Å². The van der Waals surface area contributed by atoms with E-state index in [0.29, 0.717) is 27.3 Å². The molecule has 0 aliphatic heterocycles. The van der Waals surface area contributed by atoms with E-state index >= 15 is 0 Å². The number of nitrogens with zero attached hydrogens (tertiary/aromatic N) is 2. The van der Waals surface area contributed by atoms with Gasteiger partial charge in [0.25, 0.3) is 5.91 Å². The van der Waals surface area contributed by atoms with Crippen LogP contribution in [0.5, 0.6) is 0 Å². The molecule has 0 aliphatic rings. The molecule has 2 aromatic carbocycles. The van der Waals surface area contributed by atoms with Gasteiger partial charge in [-0.2, -0.15) is 10.4 Å². The number of hydrogen-bond acceptors (Lipinski definition) is 5. The van der Waals surface area contributed by atoms with E-state index in [1.165, 1.54) is 29.5 Å². The summed E-state index contributed by atoms with van der Waals surface area (Å²) in [5, 5.41) is 21.9. The van der Waals surface area contributed by atoms with Gasteiger partial charge >= 0.3 is 0 Å². The third kappa shape index (κ3) is 4.19. The molecule has 9 heteroatoms. The van der Waals surface area contributed by atoms with Gasteiger partial charge < -0.3 is 10.6 Å². The number of aromatic nitrogens is 2. The summed E-state index contributed by atoms with van der Waals surface area (Å²) in [5.41, 5.74) is 1.19. The van der Waals surface area contributed by atoms with Gasteiger partial charge in [0.2, 0.25) is 5.91 Å². The maximum absolute atomic E-state index is 13.3. The Balaban J connectivity index is 1.46. The molecule has 2 aromatic heterocycles. The van der Waals surface area contributed by atoms with E-state index in [9.17, 15) is 14.0 Å². The molecule has 0 saturated heterocycles. The minimum Gasteiger partial charge on any atom is -0.326 e. The molecule has 4 rings (SSSR count). The number of hydrogen-bond donors (Lipinski definition) is 3. The van der Waals surface area contributed by atoms with Gasteiger partial charge in [0.15, 0.2) is 0 Å². The first kappa shape index (κ1) is 19.3. The lowest BCUT2D eigenvalue weighted by molar-refractivity contribution is -0.115. The normalized spacial score (nSPS) is 10.5. The lowest BCUT2D eigenvalue weighted by Crippen LogP contribution is -2.13. The van der Waals surface area contributed by atoms with Crippen LogP contribution in [-0.2, 0) is 11.2 Å². The van der Waals surface area contributed by atoms with Crippen LogP contribution in [0.25, 0.3) is 10.2 Å². The summed E-state index contributed by atoms with van der Waals surface area (Å²) < 4.78 is 13.3. The number of anilines is 2. The summed E-state index contributed by atoms with van der Waals surface area (Å²) >= 11 is 1.32. The van der Waals surface area contributed by atoms with Crippen molar-refractivity contribution in [2.75, 3.05) is 10.6 Å². The standard InChI is InChI=1S/C21H14FN5O2S/c22-14-5-2-4-13(8-14)20(29)25-19-17-9-16(30-21(17)27-26-19)10-18(28)24-15-6-1-3-12(7-15)11-23/h1-9H,10H2,(H,24,28)(H2,25,26,27,29). The van der Waals surface area contributed by atoms with Crippen LogP contribution in [-0.4, -0.2) is 22.0 Å². The van der Waals surface area contributed by atoms with Crippen molar-refractivity contribution in [2.24, 2.45) is 0 Å². The number of benzene rings is 2. The zero-order valence-electron chi connectivity index (χ0n) is 15.4. The number of rotatable bonds is 5. The summed E-state index contributed by atoms with van der Waals surface area (Å²) in [7, 11) is 0. The highest BCUT2D eigenvalue weighted by molar-refractivity contribution is 7.18. The number of H-pyrrole nitrogens is 1. The third-order valence-electron chi connectivity index (χ3n) is 4.24. The molecule has 3 N–H and O–H groups in total. The molecule has 2 amide bonds. The van der Waals surface area contributed by atoms with Gasteiger partial charge in [0.1, 0.15) is 16.5 Å². The maximum atomic E-state index is 13.3. The molecule has 0 spiro atoms. The van der Waals surface area contributed by atoms with Gasteiger partial charge in [0.05, 0.1) is 23.4 Å². The Morgan fingerprint density at radius 3 is 2.77 bits per heavy atom. The molecule has 0 unspecified atom stereocenters. The Hall–Kier alpha value is -4.03. The van der Waals surface area contributed by atoms with Crippen molar-refractivity contribution in [2.45, 2.75) is 6.42 Å². The van der Waals surface area contributed by atoms with Crippen molar-refractivity contribution in [3.05, 3.63) is 76.4 Å². The van der Waals surface area contributed by atoms with Crippen LogP contribution in [0.3, 0.4) is 0 Å². The van der Waals surface area contributed by atoms with E-state index in [4.69, 9.17) is 5.26 Å². The summed E-state index contributed by atoms with van der Waals surface area (Å²) in [6.45, 7) is 0. The Bertz CT molecular complexity index is 1300. The zero-order valence-corrected chi connectivity index (χ0v) is 16.2. The highest BCUT2D eigenvalue weighted by atomic mass is 32.1. The lowest BCUT2D eigenvalue weighted by Gasteiger charge is -2.04. The molecule has 7 nitrogen and oxygen atoms in total. The van der Waals surface area contributed by atoms with Gasteiger partial charge in [-0.25, -0.2) is 4.39 Å². The summed E-state index contributed by atoms with van der Waals surface area (Å²) in [4.78, 5) is 26.1. The Labute approximate surface area is 174 Å². The molecule has 0 bridgehead atoms. The number of halogens is 1. The van der Waals surface area contributed by atoms with Gasteiger partial charge in [0, 0.05) is 16.1 Å². The molecule has 4 aromatic rings. The Kier molecular flexibility index (Phi) is 5.24. The number of aromatic amines is 1. The highest BCUT2D eigenvalue weighted by Crippen LogP contribution is 2.30. The van der Waals surface area contributed by atoms with Crippen LogP contribution in [0, 0.1) is 17.1 Å². The number of carbonyl (C=O) groups is 2. The van der Waals surface area contributed by atoms with Crippen LogP contribution in [0.1, 0.15) is 20.8 Å². The average Bonchev–Trinajstić information content (AvgIpc) is 3.29. The molecule has 0 aliphatic carbocycles. The number of nitrogens with one attached hydrogen (secondary N) is 3. The first-order valence-electron chi connectivity index (χ1n) is 8.85. The fourth-order valence-electron chi connectivity index (χ4n) is 2.89. The molecule has 2 heterocycles. The third-order valence-corrected chi connectivity index (χ3v) is 5.27. The fourth-order valence-corrected chi connectivity index (χ4v) is 3.88. The van der Waals surface area contributed by atoms with Crippen molar-refractivity contribution in [1.82, 2.24) is 10.2 Å². The quantitative estimate of drug-likeness (QED) is 0.453. The Morgan fingerprint density at radius 2 is 1.97 bits per heavy atom. The number of fused-ring (bicyclic) bond motifs is 1. The van der Waals surface area contributed by atoms with E-state index in [2.05, 4.69) is 20.8 Å². The fraction of sp³-hybridized carbons (Fsp3) is 0.0476. The van der Waals surface area contributed by atoms with E-state index < -0.39 is 11.7 Å². The molecule has 30 heavy (non-hydrogen) atoms. The number of nitriles is 1. The monoisotopic (exact) mass is 419 g/mol. The zero-order chi connectivity index (χ0) is 21.1. The molecule has 0 fully saturated rings. The van der Waals surface area contributed by atoms with Crippen LogP contribution in [0.2, 0.25) is 0 Å². The van der Waals surface area contributed by atoms with Crippen LogP contribution < -0.4 is 10.6 Å². The molecular weight excluding hydrogens is 405 g/mol.